The summed E-state index contributed by atoms with van der Waals surface area (Å²) in [5, 5.41) is 0. The number of rotatable bonds is 16. The first-order valence-electron chi connectivity index (χ1n) is 10.1. The molecule has 0 bridgehead atoms. The SMILES string of the molecule is CCCCCCCCCCCCCCCOS(=O)(=O)c1ccccc1.[NaH]. The molecule has 26 heavy (non-hydrogen) atoms. The zero-order chi connectivity index (χ0) is 18.2. The van der Waals surface area contributed by atoms with Crippen molar-refractivity contribution < 1.29 is 12.6 Å². The standard InChI is InChI=1S/C21H36O3S.Na.H/c1-2-3-4-5-6-7-8-9-10-11-12-13-17-20-24-25(22,23)21-18-15-14-16-19-21;;/h14-16,18-19H,2-13,17,20H2,1H3;;. The van der Waals surface area contributed by atoms with Gasteiger partial charge in [-0.2, -0.15) is 8.42 Å². The average molecular weight is 393 g/mol. The van der Waals surface area contributed by atoms with Crippen LogP contribution in [0.2, 0.25) is 0 Å². The maximum atomic E-state index is 11.9. The fraction of sp³-hybridized carbons (Fsp3) is 0.714. The monoisotopic (exact) mass is 392 g/mol. The van der Waals surface area contributed by atoms with Crippen LogP contribution in [0.1, 0.15) is 90.4 Å². The van der Waals surface area contributed by atoms with Crippen LogP contribution in [0, 0.1) is 0 Å². The Morgan fingerprint density at radius 1 is 0.692 bits per heavy atom. The molecule has 3 nitrogen and oxygen atoms in total. The van der Waals surface area contributed by atoms with Crippen LogP contribution in [0.15, 0.2) is 35.2 Å². The molecule has 0 radical (unpaired) electrons. The topological polar surface area (TPSA) is 43.4 Å². The summed E-state index contributed by atoms with van der Waals surface area (Å²) in [4.78, 5) is 0.240. The molecule has 5 heteroatoms. The van der Waals surface area contributed by atoms with Crippen LogP contribution in [0.4, 0.5) is 0 Å². The normalized spacial score (nSPS) is 11.3. The van der Waals surface area contributed by atoms with Gasteiger partial charge in [-0.3, -0.25) is 4.18 Å². The Hall–Kier alpha value is 0.130. The Morgan fingerprint density at radius 3 is 1.58 bits per heavy atom. The van der Waals surface area contributed by atoms with Crippen molar-refractivity contribution in [3.8, 4) is 0 Å². The molecule has 0 aliphatic heterocycles. The van der Waals surface area contributed by atoms with Crippen molar-refractivity contribution in [3.05, 3.63) is 30.3 Å². The third kappa shape index (κ3) is 13.3. The van der Waals surface area contributed by atoms with Crippen molar-refractivity contribution in [2.75, 3.05) is 6.61 Å². The van der Waals surface area contributed by atoms with Gasteiger partial charge in [0.1, 0.15) is 0 Å². The average Bonchev–Trinajstić information content (AvgIpc) is 2.63. The molecule has 0 heterocycles. The molecule has 0 amide bonds. The van der Waals surface area contributed by atoms with Gasteiger partial charge >= 0.3 is 29.6 Å². The van der Waals surface area contributed by atoms with Crippen molar-refractivity contribution in [1.29, 1.82) is 0 Å². The van der Waals surface area contributed by atoms with Gasteiger partial charge in [-0.15, -0.1) is 0 Å². The predicted octanol–water partition coefficient (Wildman–Crippen LogP) is 5.83. The van der Waals surface area contributed by atoms with Gasteiger partial charge in [0, 0.05) is 0 Å². The van der Waals surface area contributed by atoms with E-state index in [0.29, 0.717) is 0 Å². The first-order valence-corrected chi connectivity index (χ1v) is 11.5. The summed E-state index contributed by atoms with van der Waals surface area (Å²) in [6.45, 7) is 2.54. The van der Waals surface area contributed by atoms with E-state index >= 15 is 0 Å². The Bertz CT molecular complexity index is 517. The molecule has 0 spiro atoms. The molecule has 0 saturated heterocycles. The molecular formula is C21H37NaO3S. The van der Waals surface area contributed by atoms with E-state index in [4.69, 9.17) is 4.18 Å². The molecule has 1 rings (SSSR count). The van der Waals surface area contributed by atoms with Crippen LogP contribution in [-0.4, -0.2) is 44.6 Å². The van der Waals surface area contributed by atoms with E-state index in [2.05, 4.69) is 6.92 Å². The van der Waals surface area contributed by atoms with Gasteiger partial charge in [0.05, 0.1) is 11.5 Å². The molecule has 1 aromatic carbocycles. The fourth-order valence-corrected chi connectivity index (χ4v) is 3.91. The first-order chi connectivity index (χ1) is 12.2. The summed E-state index contributed by atoms with van der Waals surface area (Å²) in [6, 6.07) is 8.35. The molecule has 0 saturated carbocycles. The van der Waals surface area contributed by atoms with Crippen molar-refractivity contribution in [2.45, 2.75) is 95.3 Å². The third-order valence-corrected chi connectivity index (χ3v) is 5.84. The molecule has 0 aromatic heterocycles. The zero-order valence-electron chi connectivity index (χ0n) is 15.9. The second-order valence-electron chi connectivity index (χ2n) is 6.83. The van der Waals surface area contributed by atoms with Crippen LogP contribution in [0.25, 0.3) is 0 Å². The van der Waals surface area contributed by atoms with Crippen molar-refractivity contribution in [3.63, 3.8) is 0 Å². The molecule has 0 N–H and O–H groups in total. The van der Waals surface area contributed by atoms with Gasteiger partial charge in [0.2, 0.25) is 0 Å². The maximum absolute atomic E-state index is 11.9. The molecule has 0 atom stereocenters. The minimum atomic E-state index is -3.58. The van der Waals surface area contributed by atoms with E-state index in [1.54, 1.807) is 30.3 Å². The van der Waals surface area contributed by atoms with Gasteiger partial charge in [-0.05, 0) is 18.6 Å². The molecule has 0 fully saturated rings. The Labute approximate surface area is 183 Å². The van der Waals surface area contributed by atoms with Crippen molar-refractivity contribution in [1.82, 2.24) is 0 Å². The van der Waals surface area contributed by atoms with Crippen LogP contribution >= 0.6 is 0 Å². The summed E-state index contributed by atoms with van der Waals surface area (Å²) in [5.41, 5.74) is 0. The number of hydrogen-bond donors (Lipinski definition) is 0. The molecular weight excluding hydrogens is 355 g/mol. The summed E-state index contributed by atoms with van der Waals surface area (Å²) in [6.07, 6.45) is 16.6. The number of unbranched alkanes of at least 4 members (excludes halogenated alkanes) is 12. The van der Waals surface area contributed by atoms with Crippen LogP contribution < -0.4 is 0 Å². The van der Waals surface area contributed by atoms with Crippen molar-refractivity contribution >= 4 is 39.7 Å². The van der Waals surface area contributed by atoms with Crippen molar-refractivity contribution in [2.24, 2.45) is 0 Å². The quantitative estimate of drug-likeness (QED) is 0.202. The Balaban J connectivity index is 0.00000625. The van der Waals surface area contributed by atoms with E-state index in [1.807, 2.05) is 0 Å². The van der Waals surface area contributed by atoms with Gasteiger partial charge in [-0.1, -0.05) is 102 Å². The second kappa shape index (κ2) is 17.2. The molecule has 146 valence electrons. The van der Waals surface area contributed by atoms with Gasteiger partial charge in [-0.25, -0.2) is 0 Å². The molecule has 0 unspecified atom stereocenters. The fourth-order valence-electron chi connectivity index (χ4n) is 2.94. The summed E-state index contributed by atoms with van der Waals surface area (Å²) in [7, 11) is -3.58. The van der Waals surface area contributed by atoms with E-state index in [9.17, 15) is 8.42 Å². The summed E-state index contributed by atoms with van der Waals surface area (Å²) >= 11 is 0. The van der Waals surface area contributed by atoms with Crippen LogP contribution in [-0.2, 0) is 14.3 Å². The third-order valence-electron chi connectivity index (χ3n) is 4.52. The number of hydrogen-bond acceptors (Lipinski definition) is 3. The Morgan fingerprint density at radius 2 is 1.12 bits per heavy atom. The molecule has 0 aliphatic carbocycles. The molecule has 1 aromatic rings. The van der Waals surface area contributed by atoms with Crippen LogP contribution in [0.3, 0.4) is 0 Å². The molecule has 0 aliphatic rings. The van der Waals surface area contributed by atoms with E-state index in [0.717, 1.165) is 12.8 Å². The Kier molecular flexibility index (Phi) is 17.3. The second-order valence-corrected chi connectivity index (χ2v) is 8.45. The summed E-state index contributed by atoms with van der Waals surface area (Å²) in [5.74, 6) is 0. The zero-order valence-corrected chi connectivity index (χ0v) is 16.7. The van der Waals surface area contributed by atoms with E-state index < -0.39 is 10.1 Å². The van der Waals surface area contributed by atoms with Gasteiger partial charge in [0.25, 0.3) is 10.1 Å². The first kappa shape index (κ1) is 26.1. The van der Waals surface area contributed by atoms with Crippen LogP contribution in [0.5, 0.6) is 0 Å². The number of benzene rings is 1. The van der Waals surface area contributed by atoms with E-state index in [1.165, 1.54) is 70.6 Å². The predicted molar refractivity (Wildman–Crippen MR) is 112 cm³/mol. The van der Waals surface area contributed by atoms with Gasteiger partial charge < -0.3 is 0 Å². The summed E-state index contributed by atoms with van der Waals surface area (Å²) < 4.78 is 28.9. The van der Waals surface area contributed by atoms with Gasteiger partial charge in [0.15, 0.2) is 0 Å². The minimum absolute atomic E-state index is 0. The van der Waals surface area contributed by atoms with E-state index in [-0.39, 0.29) is 41.1 Å².